The van der Waals surface area contributed by atoms with Gasteiger partial charge in [-0.25, -0.2) is 8.78 Å². The van der Waals surface area contributed by atoms with Crippen molar-refractivity contribution in [3.63, 3.8) is 0 Å². The van der Waals surface area contributed by atoms with Gasteiger partial charge < -0.3 is 10.5 Å². The Bertz CT molecular complexity index is 1110. The fourth-order valence-corrected chi connectivity index (χ4v) is 3.42. The van der Waals surface area contributed by atoms with Gasteiger partial charge in [0.05, 0.1) is 17.2 Å². The molecule has 134 valence electrons. The van der Waals surface area contributed by atoms with E-state index in [4.69, 9.17) is 22.1 Å². The average molecular weight is 385 g/mol. The van der Waals surface area contributed by atoms with Crippen molar-refractivity contribution >= 4 is 11.6 Å². The largest absolute Gasteiger partial charge is 0.420 e. The number of benzene rings is 2. The minimum absolute atomic E-state index is 0.0362. The van der Waals surface area contributed by atoms with Crippen LogP contribution in [-0.2, 0) is 0 Å². The molecule has 0 fully saturated rings. The lowest BCUT2D eigenvalue weighted by molar-refractivity contribution is 0.376. The summed E-state index contributed by atoms with van der Waals surface area (Å²) in [5.74, 6) is -2.96. The van der Waals surface area contributed by atoms with Crippen molar-refractivity contribution in [1.29, 1.82) is 5.26 Å². The molecular formula is C19H11ClF2N4O. The summed E-state index contributed by atoms with van der Waals surface area (Å²) in [6.07, 6.45) is 0. The smallest absolute Gasteiger partial charge is 0.244 e. The first kappa shape index (κ1) is 17.1. The van der Waals surface area contributed by atoms with Crippen molar-refractivity contribution in [2.24, 2.45) is 5.73 Å². The average Bonchev–Trinajstić information content (AvgIpc) is 3.05. The van der Waals surface area contributed by atoms with Crippen LogP contribution in [0.25, 0.3) is 11.3 Å². The van der Waals surface area contributed by atoms with Crippen LogP contribution in [0, 0.1) is 23.0 Å². The van der Waals surface area contributed by atoms with Gasteiger partial charge in [-0.1, -0.05) is 35.9 Å². The monoisotopic (exact) mass is 384 g/mol. The summed E-state index contributed by atoms with van der Waals surface area (Å²) in [6.45, 7) is 0. The van der Waals surface area contributed by atoms with Crippen molar-refractivity contribution in [3.8, 4) is 23.2 Å². The number of halogens is 3. The predicted molar refractivity (Wildman–Crippen MR) is 94.7 cm³/mol. The van der Waals surface area contributed by atoms with E-state index in [9.17, 15) is 14.0 Å². The van der Waals surface area contributed by atoms with Crippen LogP contribution < -0.4 is 10.5 Å². The second-order valence-electron chi connectivity index (χ2n) is 5.86. The lowest BCUT2D eigenvalue weighted by atomic mass is 9.82. The number of H-pyrrole nitrogens is 1. The molecule has 5 nitrogen and oxygen atoms in total. The molecule has 1 atom stereocenters. The van der Waals surface area contributed by atoms with Gasteiger partial charge in [0, 0.05) is 16.1 Å². The van der Waals surface area contributed by atoms with Crippen molar-refractivity contribution in [3.05, 3.63) is 81.7 Å². The van der Waals surface area contributed by atoms with Crippen LogP contribution in [-0.4, -0.2) is 10.2 Å². The lowest BCUT2D eigenvalue weighted by Gasteiger charge is -2.24. The number of ether oxygens (including phenoxy) is 1. The number of hydrogen-bond acceptors (Lipinski definition) is 4. The molecule has 0 bridgehead atoms. The van der Waals surface area contributed by atoms with Gasteiger partial charge in [-0.15, -0.1) is 5.10 Å². The van der Waals surface area contributed by atoms with E-state index in [0.717, 1.165) is 12.1 Å². The van der Waals surface area contributed by atoms with Crippen molar-refractivity contribution < 1.29 is 13.5 Å². The van der Waals surface area contributed by atoms with Crippen molar-refractivity contribution in [2.75, 3.05) is 0 Å². The van der Waals surface area contributed by atoms with Crippen molar-refractivity contribution in [2.45, 2.75) is 5.92 Å². The van der Waals surface area contributed by atoms with E-state index in [1.165, 1.54) is 6.07 Å². The van der Waals surface area contributed by atoms with E-state index in [1.807, 2.05) is 6.07 Å². The van der Waals surface area contributed by atoms with Crippen LogP contribution in [0.15, 0.2) is 53.9 Å². The van der Waals surface area contributed by atoms with Gasteiger partial charge in [-0.05, 0) is 18.2 Å². The first-order valence-electron chi connectivity index (χ1n) is 7.87. The van der Waals surface area contributed by atoms with Gasteiger partial charge in [-0.3, -0.25) is 5.10 Å². The Morgan fingerprint density at radius 2 is 1.81 bits per heavy atom. The maximum Gasteiger partial charge on any atom is 0.244 e. The quantitative estimate of drug-likeness (QED) is 0.692. The van der Waals surface area contributed by atoms with Crippen LogP contribution in [0.1, 0.15) is 17.0 Å². The van der Waals surface area contributed by atoms with Gasteiger partial charge in [0.25, 0.3) is 0 Å². The Labute approximate surface area is 157 Å². The fourth-order valence-electron chi connectivity index (χ4n) is 3.19. The number of nitrogens with one attached hydrogen (secondary N) is 1. The van der Waals surface area contributed by atoms with E-state index < -0.39 is 17.6 Å². The summed E-state index contributed by atoms with van der Waals surface area (Å²) in [6, 6.07) is 12.3. The SMILES string of the molecule is N#CC1=C(N)Oc2n[nH]c(-c3ccccc3Cl)c2C1c1c(F)cccc1F. The Kier molecular flexibility index (Phi) is 4.05. The highest BCUT2D eigenvalue weighted by molar-refractivity contribution is 6.33. The number of rotatable bonds is 2. The summed E-state index contributed by atoms with van der Waals surface area (Å²) < 4.78 is 34.6. The number of nitrogens with two attached hydrogens (primary N) is 1. The second-order valence-corrected chi connectivity index (χ2v) is 6.26. The molecule has 4 rings (SSSR count). The van der Waals surface area contributed by atoms with Crippen LogP contribution >= 0.6 is 11.6 Å². The summed E-state index contributed by atoms with van der Waals surface area (Å²) >= 11 is 6.27. The number of allylic oxidation sites excluding steroid dienone is 1. The first-order chi connectivity index (χ1) is 13.0. The Balaban J connectivity index is 2.04. The minimum atomic E-state index is -1.13. The van der Waals surface area contributed by atoms with E-state index in [2.05, 4.69) is 10.2 Å². The topological polar surface area (TPSA) is 87.7 Å². The van der Waals surface area contributed by atoms with Gasteiger partial charge >= 0.3 is 0 Å². The third-order valence-electron chi connectivity index (χ3n) is 4.37. The van der Waals surface area contributed by atoms with Gasteiger partial charge in [0.15, 0.2) is 0 Å². The molecule has 3 aromatic rings. The summed E-state index contributed by atoms with van der Waals surface area (Å²) in [5.41, 5.74) is 6.63. The molecule has 0 amide bonds. The zero-order chi connectivity index (χ0) is 19.1. The number of fused-ring (bicyclic) bond motifs is 1. The van der Waals surface area contributed by atoms with Gasteiger partial charge in [0.2, 0.25) is 11.8 Å². The summed E-state index contributed by atoms with van der Waals surface area (Å²) in [7, 11) is 0. The zero-order valence-electron chi connectivity index (χ0n) is 13.6. The molecule has 0 spiro atoms. The molecule has 27 heavy (non-hydrogen) atoms. The third kappa shape index (κ3) is 2.62. The molecule has 1 aromatic heterocycles. The highest BCUT2D eigenvalue weighted by Gasteiger charge is 2.38. The number of nitriles is 1. The molecule has 0 saturated heterocycles. The maximum atomic E-state index is 14.6. The second kappa shape index (κ2) is 6.41. The fraction of sp³-hybridized carbons (Fsp3) is 0.0526. The molecule has 2 heterocycles. The predicted octanol–water partition coefficient (Wildman–Crippen LogP) is 4.23. The minimum Gasteiger partial charge on any atom is -0.420 e. The van der Waals surface area contributed by atoms with E-state index in [-0.39, 0.29) is 28.5 Å². The van der Waals surface area contributed by atoms with Crippen LogP contribution in [0.5, 0.6) is 5.88 Å². The maximum absolute atomic E-state index is 14.6. The third-order valence-corrected chi connectivity index (χ3v) is 4.70. The molecule has 3 N–H and O–H groups in total. The molecule has 1 aliphatic heterocycles. The molecule has 1 unspecified atom stereocenters. The number of aromatic amines is 1. The highest BCUT2D eigenvalue weighted by Crippen LogP contribution is 2.47. The van der Waals surface area contributed by atoms with E-state index in [1.54, 1.807) is 24.3 Å². The molecular weight excluding hydrogens is 374 g/mol. The Morgan fingerprint density at radius 1 is 1.11 bits per heavy atom. The normalized spacial score (nSPS) is 15.9. The molecule has 0 radical (unpaired) electrons. The summed E-state index contributed by atoms with van der Waals surface area (Å²) in [5, 5.41) is 16.8. The molecule has 2 aromatic carbocycles. The number of nitrogens with zero attached hydrogens (tertiary/aromatic N) is 2. The van der Waals surface area contributed by atoms with Gasteiger partial charge in [-0.2, -0.15) is 5.26 Å². The van der Waals surface area contributed by atoms with Crippen molar-refractivity contribution in [1.82, 2.24) is 10.2 Å². The van der Waals surface area contributed by atoms with Crippen LogP contribution in [0.4, 0.5) is 8.78 Å². The Morgan fingerprint density at radius 3 is 2.48 bits per heavy atom. The standard InChI is InChI=1S/C19H11ClF2N4O/c20-11-5-2-1-4-9(11)17-16-14(15-12(21)6-3-7-13(15)22)10(8-23)18(24)27-19(16)26-25-17/h1-7,14H,24H2,(H,25,26). The molecule has 1 aliphatic rings. The Hall–Kier alpha value is -3.37. The number of aromatic nitrogens is 2. The van der Waals surface area contributed by atoms with E-state index >= 15 is 0 Å². The lowest BCUT2D eigenvalue weighted by Crippen LogP contribution is -2.22. The molecule has 0 saturated carbocycles. The summed E-state index contributed by atoms with van der Waals surface area (Å²) in [4.78, 5) is 0. The van der Waals surface area contributed by atoms with Gasteiger partial charge in [0.1, 0.15) is 23.3 Å². The zero-order valence-corrected chi connectivity index (χ0v) is 14.4. The molecule has 0 aliphatic carbocycles. The van der Waals surface area contributed by atoms with E-state index in [0.29, 0.717) is 16.3 Å². The first-order valence-corrected chi connectivity index (χ1v) is 8.25. The number of hydrogen-bond donors (Lipinski definition) is 2. The molecule has 8 heteroatoms. The van der Waals surface area contributed by atoms with Crippen LogP contribution in [0.3, 0.4) is 0 Å². The van der Waals surface area contributed by atoms with Crippen LogP contribution in [0.2, 0.25) is 5.02 Å². The highest BCUT2D eigenvalue weighted by atomic mass is 35.5.